The Morgan fingerprint density at radius 1 is 1.65 bits per heavy atom. The first kappa shape index (κ1) is 16.9. The van der Waals surface area contributed by atoms with Crippen molar-refractivity contribution < 1.29 is 14.5 Å². The van der Waals surface area contributed by atoms with E-state index in [1.807, 2.05) is 6.07 Å². The Morgan fingerprint density at radius 3 is 2.96 bits per heavy atom. The fourth-order valence-corrected chi connectivity index (χ4v) is 2.18. The maximum Gasteiger partial charge on any atom is 0.320 e. The van der Waals surface area contributed by atoms with Crippen LogP contribution in [0.4, 0.5) is 5.69 Å². The second-order valence-corrected chi connectivity index (χ2v) is 6.10. The third-order valence-electron chi connectivity index (χ3n) is 3.57. The van der Waals surface area contributed by atoms with E-state index in [2.05, 4.69) is 10.4 Å². The molecule has 1 aromatic heterocycles. The molecule has 0 radical (unpaired) electrons. The van der Waals surface area contributed by atoms with Crippen molar-refractivity contribution in [3.8, 4) is 6.07 Å². The number of nitrogens with one attached hydrogen (secondary N) is 1. The molecular formula is C14H19N5O4. The lowest BCUT2D eigenvalue weighted by Crippen LogP contribution is -2.33. The Morgan fingerprint density at radius 2 is 2.39 bits per heavy atom. The maximum atomic E-state index is 12.2. The predicted molar refractivity (Wildman–Crippen MR) is 79.4 cm³/mol. The van der Waals surface area contributed by atoms with E-state index in [0.29, 0.717) is 13.0 Å². The normalized spacial score (nSPS) is 18.2. The molecule has 1 fully saturated rings. The lowest BCUT2D eigenvalue weighted by molar-refractivity contribution is -0.385. The number of carbonyl (C=O) groups excluding carboxylic acids is 1. The highest BCUT2D eigenvalue weighted by Gasteiger charge is 2.29. The number of ether oxygens (including phenoxy) is 1. The SMILES string of the molecule is CC(C)(C#N)CNC(=O)c1nn(C2CCCCO2)cc1[N+](=O)[O-]. The molecule has 1 unspecified atom stereocenters. The summed E-state index contributed by atoms with van der Waals surface area (Å²) in [6.07, 6.45) is 3.41. The molecule has 1 aliphatic heterocycles. The third kappa shape index (κ3) is 4.04. The molecule has 0 aromatic carbocycles. The average Bonchev–Trinajstić information content (AvgIpc) is 2.99. The van der Waals surface area contributed by atoms with Crippen molar-refractivity contribution in [2.75, 3.05) is 13.2 Å². The summed E-state index contributed by atoms with van der Waals surface area (Å²) in [6, 6.07) is 2.05. The van der Waals surface area contributed by atoms with Crippen LogP contribution in [0.5, 0.6) is 0 Å². The number of nitrogens with zero attached hydrogens (tertiary/aromatic N) is 4. The van der Waals surface area contributed by atoms with Crippen LogP contribution in [-0.4, -0.2) is 33.8 Å². The van der Waals surface area contributed by atoms with Crippen LogP contribution in [0.15, 0.2) is 6.20 Å². The van der Waals surface area contributed by atoms with E-state index in [0.717, 1.165) is 12.8 Å². The fourth-order valence-electron chi connectivity index (χ4n) is 2.18. The van der Waals surface area contributed by atoms with Crippen LogP contribution in [0.2, 0.25) is 0 Å². The van der Waals surface area contributed by atoms with E-state index in [4.69, 9.17) is 10.00 Å². The van der Waals surface area contributed by atoms with Gasteiger partial charge in [0.05, 0.1) is 16.4 Å². The molecule has 0 bridgehead atoms. The number of rotatable bonds is 5. The second kappa shape index (κ2) is 6.75. The summed E-state index contributed by atoms with van der Waals surface area (Å²) < 4.78 is 6.86. The molecule has 1 amide bonds. The molecular weight excluding hydrogens is 302 g/mol. The molecule has 0 spiro atoms. The van der Waals surface area contributed by atoms with Crippen LogP contribution >= 0.6 is 0 Å². The van der Waals surface area contributed by atoms with Gasteiger partial charge in [0.2, 0.25) is 5.69 Å². The molecule has 9 nitrogen and oxygen atoms in total. The maximum absolute atomic E-state index is 12.2. The first-order chi connectivity index (χ1) is 10.8. The van der Waals surface area contributed by atoms with Crippen LogP contribution < -0.4 is 5.32 Å². The number of nitro groups is 1. The first-order valence-electron chi connectivity index (χ1n) is 7.38. The van der Waals surface area contributed by atoms with Gasteiger partial charge in [-0.2, -0.15) is 10.4 Å². The molecule has 0 aliphatic carbocycles. The molecule has 0 saturated carbocycles. The van der Waals surface area contributed by atoms with E-state index in [-0.39, 0.29) is 24.2 Å². The summed E-state index contributed by atoms with van der Waals surface area (Å²) in [5.74, 6) is -0.672. The summed E-state index contributed by atoms with van der Waals surface area (Å²) in [6.45, 7) is 3.97. The van der Waals surface area contributed by atoms with Crippen molar-refractivity contribution in [3.05, 3.63) is 22.0 Å². The fraction of sp³-hybridized carbons (Fsp3) is 0.643. The zero-order valence-electron chi connectivity index (χ0n) is 13.1. The smallest absolute Gasteiger partial charge is 0.320 e. The molecule has 9 heteroatoms. The van der Waals surface area contributed by atoms with Crippen LogP contribution in [0.3, 0.4) is 0 Å². The van der Waals surface area contributed by atoms with Gasteiger partial charge in [-0.1, -0.05) is 0 Å². The van der Waals surface area contributed by atoms with Gasteiger partial charge in [-0.3, -0.25) is 14.9 Å². The van der Waals surface area contributed by atoms with Crippen molar-refractivity contribution in [3.63, 3.8) is 0 Å². The Balaban J connectivity index is 2.19. The van der Waals surface area contributed by atoms with Gasteiger partial charge in [-0.25, -0.2) is 4.68 Å². The van der Waals surface area contributed by atoms with Gasteiger partial charge < -0.3 is 10.1 Å². The molecule has 2 rings (SSSR count). The minimum absolute atomic E-state index is 0.0757. The topological polar surface area (TPSA) is 123 Å². The molecule has 1 N–H and O–H groups in total. The number of hydrogen-bond acceptors (Lipinski definition) is 6. The van der Waals surface area contributed by atoms with E-state index >= 15 is 0 Å². The van der Waals surface area contributed by atoms with E-state index in [1.54, 1.807) is 13.8 Å². The predicted octanol–water partition coefficient (Wildman–Crippen LogP) is 1.77. The number of nitriles is 1. The zero-order chi connectivity index (χ0) is 17.0. The average molecular weight is 321 g/mol. The highest BCUT2D eigenvalue weighted by molar-refractivity contribution is 5.96. The van der Waals surface area contributed by atoms with Crippen molar-refractivity contribution in [1.29, 1.82) is 5.26 Å². The number of aromatic nitrogens is 2. The summed E-state index contributed by atoms with van der Waals surface area (Å²) in [5, 5.41) is 26.7. The van der Waals surface area contributed by atoms with Crippen molar-refractivity contribution in [1.82, 2.24) is 15.1 Å². The highest BCUT2D eigenvalue weighted by atomic mass is 16.6. The van der Waals surface area contributed by atoms with Gasteiger partial charge >= 0.3 is 5.69 Å². The van der Waals surface area contributed by atoms with Gasteiger partial charge in [-0.05, 0) is 33.1 Å². The van der Waals surface area contributed by atoms with Gasteiger partial charge in [0.25, 0.3) is 5.91 Å². The number of carbonyl (C=O) groups is 1. The minimum Gasteiger partial charge on any atom is -0.357 e. The van der Waals surface area contributed by atoms with Crippen LogP contribution in [-0.2, 0) is 4.74 Å². The molecule has 23 heavy (non-hydrogen) atoms. The number of hydrogen-bond donors (Lipinski definition) is 1. The summed E-state index contributed by atoms with van der Waals surface area (Å²) in [4.78, 5) is 22.7. The lowest BCUT2D eigenvalue weighted by atomic mass is 9.96. The van der Waals surface area contributed by atoms with Crippen LogP contribution in [0.1, 0.15) is 49.8 Å². The van der Waals surface area contributed by atoms with Crippen molar-refractivity contribution in [2.24, 2.45) is 5.41 Å². The molecule has 124 valence electrons. The van der Waals surface area contributed by atoms with Gasteiger partial charge in [0.1, 0.15) is 12.4 Å². The van der Waals surface area contributed by atoms with Crippen molar-refractivity contribution >= 4 is 11.6 Å². The molecule has 2 heterocycles. The summed E-state index contributed by atoms with van der Waals surface area (Å²) >= 11 is 0. The lowest BCUT2D eigenvalue weighted by Gasteiger charge is -2.22. The highest BCUT2D eigenvalue weighted by Crippen LogP contribution is 2.26. The first-order valence-corrected chi connectivity index (χ1v) is 7.38. The Hall–Kier alpha value is -2.47. The largest absolute Gasteiger partial charge is 0.357 e. The molecule has 1 aromatic rings. The van der Waals surface area contributed by atoms with E-state index in [9.17, 15) is 14.9 Å². The number of amides is 1. The van der Waals surface area contributed by atoms with Gasteiger partial charge in [-0.15, -0.1) is 0 Å². The van der Waals surface area contributed by atoms with E-state index < -0.39 is 16.2 Å². The van der Waals surface area contributed by atoms with Crippen LogP contribution in [0, 0.1) is 26.9 Å². The molecule has 1 aliphatic rings. The second-order valence-electron chi connectivity index (χ2n) is 6.10. The van der Waals surface area contributed by atoms with Gasteiger partial charge in [0.15, 0.2) is 0 Å². The molecule has 1 saturated heterocycles. The monoisotopic (exact) mass is 321 g/mol. The van der Waals surface area contributed by atoms with E-state index in [1.165, 1.54) is 10.9 Å². The Kier molecular flexibility index (Phi) is 4.95. The van der Waals surface area contributed by atoms with Gasteiger partial charge in [0, 0.05) is 13.2 Å². The summed E-state index contributed by atoms with van der Waals surface area (Å²) in [5.41, 5.74) is -1.40. The van der Waals surface area contributed by atoms with Crippen molar-refractivity contribution in [2.45, 2.75) is 39.3 Å². The Labute approximate surface area is 133 Å². The standard InChI is InChI=1S/C14H19N5O4/c1-14(2,8-15)9-16-13(20)12-10(19(21)22)7-18(17-12)11-5-3-4-6-23-11/h7,11H,3-6,9H2,1-2H3,(H,16,20). The Bertz CT molecular complexity index is 640. The third-order valence-corrected chi connectivity index (χ3v) is 3.57. The van der Waals surface area contributed by atoms with Crippen LogP contribution in [0.25, 0.3) is 0 Å². The quantitative estimate of drug-likeness (QED) is 0.651. The summed E-state index contributed by atoms with van der Waals surface area (Å²) in [7, 11) is 0. The zero-order valence-corrected chi connectivity index (χ0v) is 13.1. The minimum atomic E-state index is -0.764. The molecule has 1 atom stereocenters.